The van der Waals surface area contributed by atoms with Gasteiger partial charge in [-0.3, -0.25) is 4.68 Å². The number of aromatic nitrogens is 2. The van der Waals surface area contributed by atoms with Crippen LogP contribution in [0.4, 0.5) is 0 Å². The Balaban J connectivity index is 1.79. The topological polar surface area (TPSA) is 39.1 Å². The molecule has 0 bridgehead atoms. The lowest BCUT2D eigenvalue weighted by Gasteiger charge is -2.37. The van der Waals surface area contributed by atoms with Gasteiger partial charge in [-0.2, -0.15) is 5.10 Å². The Bertz CT molecular complexity index is 486. The molecule has 2 heterocycles. The molecule has 1 aromatic heterocycles. The predicted octanol–water partition coefficient (Wildman–Crippen LogP) is 2.54. The van der Waals surface area contributed by atoms with Crippen molar-refractivity contribution in [2.45, 2.75) is 58.1 Å². The highest BCUT2D eigenvalue weighted by Gasteiger charge is 2.51. The third kappa shape index (κ3) is 3.49. The van der Waals surface area contributed by atoms with E-state index in [1.165, 1.54) is 18.5 Å². The Kier molecular flexibility index (Phi) is 3.87. The minimum Gasteiger partial charge on any atom is -0.377 e. The summed E-state index contributed by atoms with van der Waals surface area (Å²) in [7, 11) is 1.99. The maximum Gasteiger partial charge on any atom is 0.0676 e. The molecule has 3 rings (SSSR count). The molecule has 118 valence electrons. The molecule has 1 aromatic rings. The van der Waals surface area contributed by atoms with E-state index in [1.807, 2.05) is 17.9 Å². The fourth-order valence-electron chi connectivity index (χ4n) is 3.54. The quantitative estimate of drug-likeness (QED) is 0.906. The van der Waals surface area contributed by atoms with E-state index in [1.54, 1.807) is 0 Å². The van der Waals surface area contributed by atoms with Crippen molar-refractivity contribution >= 4 is 0 Å². The van der Waals surface area contributed by atoms with Crippen LogP contribution in [0, 0.1) is 11.3 Å². The zero-order valence-electron chi connectivity index (χ0n) is 13.9. The lowest BCUT2D eigenvalue weighted by atomic mass is 9.74. The van der Waals surface area contributed by atoms with E-state index in [4.69, 9.17) is 4.74 Å². The number of nitrogens with one attached hydrogen (secondary N) is 1. The van der Waals surface area contributed by atoms with E-state index in [2.05, 4.69) is 37.3 Å². The normalized spacial score (nSPS) is 30.0. The highest BCUT2D eigenvalue weighted by molar-refractivity contribution is 5.10. The lowest BCUT2D eigenvalue weighted by Crippen LogP contribution is -2.49. The summed E-state index contributed by atoms with van der Waals surface area (Å²) in [6, 6.07) is 2.15. The maximum atomic E-state index is 6.16. The lowest BCUT2D eigenvalue weighted by molar-refractivity contribution is 0.0275. The summed E-state index contributed by atoms with van der Waals surface area (Å²) in [6.07, 6.45) is 7.30. The number of ether oxygens (including phenoxy) is 1. The van der Waals surface area contributed by atoms with Crippen LogP contribution in [0.3, 0.4) is 0 Å². The number of aryl methyl sites for hydroxylation is 1. The van der Waals surface area contributed by atoms with Crippen LogP contribution in [0.15, 0.2) is 12.3 Å². The first-order chi connectivity index (χ1) is 9.88. The predicted molar refractivity (Wildman–Crippen MR) is 84.2 cm³/mol. The first-order valence-electron chi connectivity index (χ1n) is 8.23. The smallest absolute Gasteiger partial charge is 0.0676 e. The zero-order valence-corrected chi connectivity index (χ0v) is 13.9. The van der Waals surface area contributed by atoms with Gasteiger partial charge in [0, 0.05) is 43.8 Å². The van der Waals surface area contributed by atoms with E-state index in [0.29, 0.717) is 6.10 Å². The monoisotopic (exact) mass is 291 g/mol. The number of hydrogen-bond acceptors (Lipinski definition) is 3. The molecule has 0 spiro atoms. The van der Waals surface area contributed by atoms with Crippen molar-refractivity contribution in [2.24, 2.45) is 18.4 Å². The van der Waals surface area contributed by atoms with Crippen LogP contribution in [0.1, 0.15) is 45.7 Å². The molecule has 1 saturated heterocycles. The van der Waals surface area contributed by atoms with Crippen molar-refractivity contribution in [1.82, 2.24) is 15.1 Å². The van der Waals surface area contributed by atoms with Crippen LogP contribution < -0.4 is 5.32 Å². The summed E-state index contributed by atoms with van der Waals surface area (Å²) in [5, 5.41) is 8.34. The van der Waals surface area contributed by atoms with Crippen molar-refractivity contribution in [3.63, 3.8) is 0 Å². The maximum absolute atomic E-state index is 6.16. The summed E-state index contributed by atoms with van der Waals surface area (Å²) in [6.45, 7) is 8.64. The highest BCUT2D eigenvalue weighted by atomic mass is 16.5. The van der Waals surface area contributed by atoms with Gasteiger partial charge >= 0.3 is 0 Å². The fourth-order valence-corrected chi connectivity index (χ4v) is 3.54. The number of nitrogens with zero attached hydrogens (tertiary/aromatic N) is 2. The molecule has 2 fully saturated rings. The van der Waals surface area contributed by atoms with Crippen LogP contribution in [0.25, 0.3) is 0 Å². The largest absolute Gasteiger partial charge is 0.377 e. The second-order valence-electron chi connectivity index (χ2n) is 8.00. The third-order valence-electron chi connectivity index (χ3n) is 4.82. The van der Waals surface area contributed by atoms with Gasteiger partial charge in [-0.05, 0) is 52.0 Å². The first kappa shape index (κ1) is 15.0. The molecule has 21 heavy (non-hydrogen) atoms. The van der Waals surface area contributed by atoms with Crippen LogP contribution in [-0.4, -0.2) is 34.6 Å². The zero-order chi connectivity index (χ0) is 15.1. The molecule has 4 nitrogen and oxygen atoms in total. The Morgan fingerprint density at radius 3 is 2.76 bits per heavy atom. The summed E-state index contributed by atoms with van der Waals surface area (Å²) in [5.74, 6) is 0.776. The van der Waals surface area contributed by atoms with E-state index in [-0.39, 0.29) is 11.0 Å². The second-order valence-corrected chi connectivity index (χ2v) is 8.00. The molecule has 2 atom stereocenters. The van der Waals surface area contributed by atoms with E-state index in [0.717, 1.165) is 31.9 Å². The van der Waals surface area contributed by atoms with Crippen LogP contribution in [-0.2, 0) is 18.2 Å². The summed E-state index contributed by atoms with van der Waals surface area (Å²) in [5.41, 5.74) is 1.56. The third-order valence-corrected chi connectivity index (χ3v) is 4.82. The van der Waals surface area contributed by atoms with Gasteiger partial charge in [0.25, 0.3) is 0 Å². The molecule has 4 heteroatoms. The molecule has 1 N–H and O–H groups in total. The van der Waals surface area contributed by atoms with Gasteiger partial charge < -0.3 is 10.1 Å². The van der Waals surface area contributed by atoms with Crippen molar-refractivity contribution in [3.05, 3.63) is 18.0 Å². The number of rotatable bonds is 5. The molecule has 2 aliphatic rings. The SMILES string of the molecule is Cn1ccc(CC2(CNC(C)(C)C)CCOC2C2CC2)n1. The van der Waals surface area contributed by atoms with Gasteiger partial charge in [0.1, 0.15) is 0 Å². The molecule has 1 saturated carbocycles. The second kappa shape index (κ2) is 5.40. The van der Waals surface area contributed by atoms with Gasteiger partial charge in [-0.15, -0.1) is 0 Å². The minimum atomic E-state index is 0.147. The fraction of sp³-hybridized carbons (Fsp3) is 0.824. The van der Waals surface area contributed by atoms with Gasteiger partial charge in [-0.1, -0.05) is 0 Å². The Hall–Kier alpha value is -0.870. The average Bonchev–Trinajstić information content (AvgIpc) is 3.03. The van der Waals surface area contributed by atoms with E-state index < -0.39 is 0 Å². The molecule has 0 aromatic carbocycles. The molecular formula is C17H29N3O. The van der Waals surface area contributed by atoms with Crippen molar-refractivity contribution in [1.29, 1.82) is 0 Å². The van der Waals surface area contributed by atoms with Gasteiger partial charge in [0.2, 0.25) is 0 Å². The Labute approximate surface area is 128 Å². The summed E-state index contributed by atoms with van der Waals surface area (Å²) in [4.78, 5) is 0. The summed E-state index contributed by atoms with van der Waals surface area (Å²) >= 11 is 0. The molecule has 0 radical (unpaired) electrons. The van der Waals surface area contributed by atoms with Crippen LogP contribution in [0.2, 0.25) is 0 Å². The van der Waals surface area contributed by atoms with Gasteiger partial charge in [-0.25, -0.2) is 0 Å². The van der Waals surface area contributed by atoms with E-state index in [9.17, 15) is 0 Å². The van der Waals surface area contributed by atoms with Crippen molar-refractivity contribution in [3.8, 4) is 0 Å². The standard InChI is InChI=1S/C17H29N3O/c1-16(2,3)18-12-17(11-14-7-9-20(4)19-14)8-10-21-15(17)13-5-6-13/h7,9,13,15,18H,5-6,8,10-12H2,1-4H3. The van der Waals surface area contributed by atoms with Crippen molar-refractivity contribution in [2.75, 3.05) is 13.2 Å². The van der Waals surface area contributed by atoms with Gasteiger partial charge in [0.05, 0.1) is 11.8 Å². The average molecular weight is 291 g/mol. The van der Waals surface area contributed by atoms with Crippen LogP contribution >= 0.6 is 0 Å². The van der Waals surface area contributed by atoms with Crippen molar-refractivity contribution < 1.29 is 4.74 Å². The minimum absolute atomic E-state index is 0.147. The van der Waals surface area contributed by atoms with Crippen LogP contribution in [0.5, 0.6) is 0 Å². The Morgan fingerprint density at radius 1 is 1.43 bits per heavy atom. The van der Waals surface area contributed by atoms with Gasteiger partial charge in [0.15, 0.2) is 0 Å². The molecular weight excluding hydrogens is 262 g/mol. The number of hydrogen-bond donors (Lipinski definition) is 1. The first-order valence-corrected chi connectivity index (χ1v) is 8.23. The molecule has 1 aliphatic carbocycles. The molecule has 2 unspecified atom stereocenters. The molecule has 1 aliphatic heterocycles. The van der Waals surface area contributed by atoms with E-state index >= 15 is 0 Å². The Morgan fingerprint density at radius 2 is 2.19 bits per heavy atom. The summed E-state index contributed by atoms with van der Waals surface area (Å²) < 4.78 is 8.07. The highest BCUT2D eigenvalue weighted by Crippen LogP contribution is 2.49. The molecule has 0 amide bonds.